The average Bonchev–Trinajstić information content (AvgIpc) is 2.32. The topological polar surface area (TPSA) is 32.7 Å². The zero-order chi connectivity index (χ0) is 13.3. The summed E-state index contributed by atoms with van der Waals surface area (Å²) in [6.45, 7) is 7.58. The van der Waals surface area contributed by atoms with Crippen molar-refractivity contribution in [3.63, 3.8) is 0 Å². The van der Waals surface area contributed by atoms with Crippen molar-refractivity contribution >= 4 is 5.69 Å². The third-order valence-electron chi connectivity index (χ3n) is 3.44. The number of morpholine rings is 1. The van der Waals surface area contributed by atoms with Gasteiger partial charge in [0, 0.05) is 23.8 Å². The number of aliphatic hydroxyl groups excluding tert-OH is 1. The third-order valence-corrected chi connectivity index (χ3v) is 3.44. The van der Waals surface area contributed by atoms with E-state index in [1.165, 1.54) is 6.07 Å². The maximum absolute atomic E-state index is 13.6. The summed E-state index contributed by atoms with van der Waals surface area (Å²) in [4.78, 5) is 2.18. The van der Waals surface area contributed by atoms with E-state index in [0.717, 1.165) is 12.2 Å². The first-order chi connectivity index (χ1) is 8.50. The van der Waals surface area contributed by atoms with Crippen molar-refractivity contribution in [1.29, 1.82) is 0 Å². The molecule has 1 fully saturated rings. The number of nitrogens with zero attached hydrogens (tertiary/aromatic N) is 1. The summed E-state index contributed by atoms with van der Waals surface area (Å²) in [6.07, 6.45) is -0.676. The fourth-order valence-corrected chi connectivity index (χ4v) is 2.35. The normalized spacial score (nSPS) is 22.1. The van der Waals surface area contributed by atoms with Crippen LogP contribution < -0.4 is 4.90 Å². The minimum Gasteiger partial charge on any atom is -0.389 e. The number of ether oxygens (including phenoxy) is 1. The lowest BCUT2D eigenvalue weighted by Gasteiger charge is -2.37. The molecule has 1 aromatic rings. The summed E-state index contributed by atoms with van der Waals surface area (Å²) < 4.78 is 19.0. The van der Waals surface area contributed by atoms with Crippen LogP contribution in [0.25, 0.3) is 0 Å². The van der Waals surface area contributed by atoms with Gasteiger partial charge in [-0.1, -0.05) is 0 Å². The van der Waals surface area contributed by atoms with Crippen LogP contribution in [0.1, 0.15) is 31.1 Å². The smallest absolute Gasteiger partial charge is 0.126 e. The second kappa shape index (κ2) is 5.24. The van der Waals surface area contributed by atoms with E-state index in [2.05, 4.69) is 11.8 Å². The fraction of sp³-hybridized carbons (Fsp3) is 0.571. The summed E-state index contributed by atoms with van der Waals surface area (Å²) in [5, 5.41) is 9.81. The Balaban J connectivity index is 2.44. The maximum Gasteiger partial charge on any atom is 0.126 e. The second-order valence-electron chi connectivity index (χ2n) is 4.95. The molecule has 0 amide bonds. The number of benzene rings is 1. The molecule has 1 aromatic carbocycles. The molecule has 0 radical (unpaired) electrons. The van der Waals surface area contributed by atoms with Gasteiger partial charge in [0.2, 0.25) is 0 Å². The van der Waals surface area contributed by atoms with Crippen LogP contribution in [0.15, 0.2) is 12.1 Å². The Morgan fingerprint density at radius 2 is 2.22 bits per heavy atom. The lowest BCUT2D eigenvalue weighted by Crippen LogP contribution is -2.44. The minimum atomic E-state index is -0.676. The second-order valence-corrected chi connectivity index (χ2v) is 4.95. The highest BCUT2D eigenvalue weighted by Gasteiger charge is 2.23. The van der Waals surface area contributed by atoms with Crippen LogP contribution in [0.4, 0.5) is 10.1 Å². The van der Waals surface area contributed by atoms with Crippen molar-refractivity contribution in [3.05, 3.63) is 29.1 Å². The Morgan fingerprint density at radius 1 is 1.50 bits per heavy atom. The Kier molecular flexibility index (Phi) is 3.88. The molecule has 1 aliphatic rings. The van der Waals surface area contributed by atoms with E-state index in [1.54, 1.807) is 13.8 Å². The van der Waals surface area contributed by atoms with Crippen LogP contribution in [-0.2, 0) is 4.74 Å². The summed E-state index contributed by atoms with van der Waals surface area (Å²) in [5.74, 6) is -0.268. The molecule has 0 aliphatic carbocycles. The number of hydrogen-bond donors (Lipinski definition) is 1. The quantitative estimate of drug-likeness (QED) is 0.878. The molecule has 1 saturated heterocycles. The molecule has 18 heavy (non-hydrogen) atoms. The van der Waals surface area contributed by atoms with Crippen molar-refractivity contribution < 1.29 is 14.2 Å². The van der Waals surface area contributed by atoms with Gasteiger partial charge in [0.15, 0.2) is 0 Å². The van der Waals surface area contributed by atoms with Gasteiger partial charge in [0.1, 0.15) is 5.82 Å². The fourth-order valence-electron chi connectivity index (χ4n) is 2.35. The van der Waals surface area contributed by atoms with Crippen LogP contribution in [-0.4, -0.2) is 30.9 Å². The predicted molar refractivity (Wildman–Crippen MR) is 69.4 cm³/mol. The first-order valence-electron chi connectivity index (χ1n) is 6.33. The first kappa shape index (κ1) is 13.3. The highest BCUT2D eigenvalue weighted by Crippen LogP contribution is 2.31. The van der Waals surface area contributed by atoms with E-state index in [0.29, 0.717) is 24.3 Å². The van der Waals surface area contributed by atoms with Crippen molar-refractivity contribution in [2.24, 2.45) is 0 Å². The lowest BCUT2D eigenvalue weighted by molar-refractivity contribution is 0.0984. The molecule has 2 rings (SSSR count). The molecule has 0 saturated carbocycles. The molecule has 2 atom stereocenters. The number of aliphatic hydroxyl groups is 1. The van der Waals surface area contributed by atoms with Crippen molar-refractivity contribution in [2.45, 2.75) is 32.9 Å². The van der Waals surface area contributed by atoms with Crippen molar-refractivity contribution in [3.8, 4) is 0 Å². The molecule has 100 valence electrons. The van der Waals surface area contributed by atoms with Crippen LogP contribution in [0.5, 0.6) is 0 Å². The molecule has 0 spiro atoms. The Hall–Kier alpha value is -1.13. The average molecular weight is 253 g/mol. The maximum atomic E-state index is 13.6. The third kappa shape index (κ3) is 2.49. The van der Waals surface area contributed by atoms with Gasteiger partial charge >= 0.3 is 0 Å². The number of hydrogen-bond acceptors (Lipinski definition) is 3. The summed E-state index contributed by atoms with van der Waals surface area (Å²) in [5.41, 5.74) is 2.17. The van der Waals surface area contributed by atoms with E-state index < -0.39 is 6.10 Å². The van der Waals surface area contributed by atoms with Gasteiger partial charge in [0.25, 0.3) is 0 Å². The predicted octanol–water partition coefficient (Wildman–Crippen LogP) is 2.41. The van der Waals surface area contributed by atoms with E-state index >= 15 is 0 Å². The molecule has 1 heterocycles. The molecule has 0 aromatic heterocycles. The van der Waals surface area contributed by atoms with Gasteiger partial charge in [0.05, 0.1) is 19.3 Å². The van der Waals surface area contributed by atoms with Crippen molar-refractivity contribution in [1.82, 2.24) is 0 Å². The van der Waals surface area contributed by atoms with E-state index in [-0.39, 0.29) is 11.9 Å². The first-order valence-corrected chi connectivity index (χ1v) is 6.33. The number of rotatable bonds is 2. The van der Waals surface area contributed by atoms with Crippen LogP contribution >= 0.6 is 0 Å². The summed E-state index contributed by atoms with van der Waals surface area (Å²) >= 11 is 0. The van der Waals surface area contributed by atoms with E-state index in [1.807, 2.05) is 6.07 Å². The zero-order valence-corrected chi connectivity index (χ0v) is 11.1. The molecule has 4 heteroatoms. The number of anilines is 1. The Morgan fingerprint density at radius 3 is 2.83 bits per heavy atom. The van der Waals surface area contributed by atoms with Crippen LogP contribution in [0, 0.1) is 12.7 Å². The standard InChI is InChI=1S/C14H20FNO2/c1-9-6-14(12(11(3)17)7-13(9)15)16-4-5-18-8-10(16)2/h6-7,10-11,17H,4-5,8H2,1-3H3. The number of halogens is 1. The van der Waals surface area contributed by atoms with Gasteiger partial charge in [-0.15, -0.1) is 0 Å². The van der Waals surface area contributed by atoms with Gasteiger partial charge < -0.3 is 14.7 Å². The minimum absolute atomic E-state index is 0.237. The highest BCUT2D eigenvalue weighted by molar-refractivity contribution is 5.57. The highest BCUT2D eigenvalue weighted by atomic mass is 19.1. The number of aryl methyl sites for hydroxylation is 1. The molecule has 1 N–H and O–H groups in total. The Bertz CT molecular complexity index is 434. The molecular formula is C14H20FNO2. The molecule has 0 bridgehead atoms. The molecule has 1 aliphatic heterocycles. The molecule has 2 unspecified atom stereocenters. The zero-order valence-electron chi connectivity index (χ0n) is 11.1. The molecular weight excluding hydrogens is 233 g/mol. The summed E-state index contributed by atoms with van der Waals surface area (Å²) in [7, 11) is 0. The van der Waals surface area contributed by atoms with E-state index in [9.17, 15) is 9.50 Å². The Labute approximate surface area is 107 Å². The SMILES string of the molecule is Cc1cc(N2CCOCC2C)c(C(C)O)cc1F. The largest absolute Gasteiger partial charge is 0.389 e. The van der Waals surface area contributed by atoms with Gasteiger partial charge in [-0.05, 0) is 38.5 Å². The van der Waals surface area contributed by atoms with Gasteiger partial charge in [-0.3, -0.25) is 0 Å². The van der Waals surface area contributed by atoms with Crippen LogP contribution in [0.2, 0.25) is 0 Å². The lowest BCUT2D eigenvalue weighted by atomic mass is 10.0. The molecule has 3 nitrogen and oxygen atoms in total. The van der Waals surface area contributed by atoms with E-state index in [4.69, 9.17) is 4.74 Å². The van der Waals surface area contributed by atoms with Crippen molar-refractivity contribution in [2.75, 3.05) is 24.7 Å². The monoisotopic (exact) mass is 253 g/mol. The summed E-state index contributed by atoms with van der Waals surface area (Å²) in [6, 6.07) is 3.50. The van der Waals surface area contributed by atoms with Crippen LogP contribution in [0.3, 0.4) is 0 Å². The van der Waals surface area contributed by atoms with Gasteiger partial charge in [-0.2, -0.15) is 0 Å². The van der Waals surface area contributed by atoms with Gasteiger partial charge in [-0.25, -0.2) is 4.39 Å².